The SMILES string of the molecule is C#CC#CC#CC(=O)OC[C@H](COP(=O)(O)OC1C(O)[C@@H](OP(=O)(O)O)C(OP(=O)(O)O)[C@@H](OP(=O)(O)O)[C@H]1O)OC(=O)CCCCCCCCCCCCCCC. The predicted octanol–water partition coefficient (Wildman–Crippen LogP) is 2.23. The van der Waals surface area contributed by atoms with Gasteiger partial charge in [0.15, 0.2) is 6.10 Å². The second-order valence-electron chi connectivity index (χ2n) is 12.8. The van der Waals surface area contributed by atoms with E-state index in [1.807, 2.05) is 11.8 Å². The quantitative estimate of drug-likeness (QED) is 0.0179. The van der Waals surface area contributed by atoms with E-state index in [0.29, 0.717) is 12.8 Å². The number of aliphatic hydroxyl groups is 2. The maximum absolute atomic E-state index is 13.0. The standard InChI is InChI=1S/C32H52O22P4/c1-3-5-7-9-10-11-12-13-14-15-16-17-19-21-26(34)50-24(22-48-25(33)20-18-8-6-4-2)23-49-58(46,47)54-29-27(35)30(51-55(37,38)39)32(53-57(43,44)45)31(28(29)36)52-56(40,41)42/h2,24,27-32,35-36H,3,5,7,9-17,19,21-23H2,1H3,(H,46,47)(H2,37,38,39)(H2,40,41,42)(H2,43,44,45)/t24-,27+,28?,29?,30+,31-,32?/m1/s1. The predicted molar refractivity (Wildman–Crippen MR) is 199 cm³/mol. The van der Waals surface area contributed by atoms with Crippen LogP contribution < -0.4 is 0 Å². The van der Waals surface area contributed by atoms with E-state index in [4.69, 9.17) is 24.9 Å². The van der Waals surface area contributed by atoms with Gasteiger partial charge in [-0.3, -0.25) is 27.4 Å². The van der Waals surface area contributed by atoms with Gasteiger partial charge in [-0.15, -0.1) is 6.42 Å². The average Bonchev–Trinajstić information content (AvgIpc) is 3.10. The minimum Gasteiger partial charge on any atom is -0.456 e. The topological polar surface area (TPSA) is 349 Å². The normalized spacial score (nSPS) is 22.6. The van der Waals surface area contributed by atoms with Crippen molar-refractivity contribution in [3.63, 3.8) is 0 Å². The zero-order chi connectivity index (χ0) is 44.0. The summed E-state index contributed by atoms with van der Waals surface area (Å²) in [6.45, 7) is 0.240. The third-order valence-electron chi connectivity index (χ3n) is 7.99. The lowest BCUT2D eigenvalue weighted by atomic mass is 9.85. The lowest BCUT2D eigenvalue weighted by molar-refractivity contribution is -0.209. The Morgan fingerprint density at radius 2 is 1.05 bits per heavy atom. The van der Waals surface area contributed by atoms with Crippen molar-refractivity contribution >= 4 is 43.2 Å². The van der Waals surface area contributed by atoms with Crippen LogP contribution in [-0.2, 0) is 59.9 Å². The molecule has 8 atom stereocenters. The number of hydrogen-bond acceptors (Lipinski definition) is 15. The summed E-state index contributed by atoms with van der Waals surface area (Å²) >= 11 is 0. The number of terminal acetylenes is 1. The van der Waals surface area contributed by atoms with Gasteiger partial charge in [-0.2, -0.15) is 0 Å². The maximum atomic E-state index is 13.0. The molecule has 26 heteroatoms. The smallest absolute Gasteiger partial charge is 0.456 e. The molecule has 4 unspecified atom stereocenters. The number of rotatable bonds is 28. The molecule has 1 rings (SSSR count). The Kier molecular flexibility index (Phi) is 25.2. The van der Waals surface area contributed by atoms with Crippen molar-refractivity contribution in [2.75, 3.05) is 13.2 Å². The van der Waals surface area contributed by atoms with Crippen molar-refractivity contribution < 1.29 is 104 Å². The molecule has 0 radical (unpaired) electrons. The van der Waals surface area contributed by atoms with Gasteiger partial charge in [-0.25, -0.2) is 23.1 Å². The Labute approximate surface area is 336 Å². The van der Waals surface area contributed by atoms with E-state index < -0.39 is 99.2 Å². The maximum Gasteiger partial charge on any atom is 0.472 e. The number of carbonyl (C=O) groups excluding carboxylic acids is 2. The second kappa shape index (κ2) is 27.0. The lowest BCUT2D eigenvalue weighted by Gasteiger charge is -2.45. The Morgan fingerprint density at radius 3 is 1.50 bits per heavy atom. The molecule has 0 aromatic heterocycles. The Morgan fingerprint density at radius 1 is 0.603 bits per heavy atom. The second-order valence-corrected chi connectivity index (χ2v) is 17.8. The molecule has 0 aliphatic heterocycles. The number of carbonyl (C=O) groups is 2. The summed E-state index contributed by atoms with van der Waals surface area (Å²) in [5, 5.41) is 21.6. The zero-order valence-corrected chi connectivity index (χ0v) is 35.1. The van der Waals surface area contributed by atoms with Crippen LogP contribution in [0.4, 0.5) is 0 Å². The first-order chi connectivity index (χ1) is 27.0. The van der Waals surface area contributed by atoms with E-state index in [0.717, 1.165) is 32.1 Å². The van der Waals surface area contributed by atoms with E-state index in [1.165, 1.54) is 38.5 Å². The molecule has 9 N–H and O–H groups in total. The van der Waals surface area contributed by atoms with Crippen molar-refractivity contribution in [1.29, 1.82) is 0 Å². The summed E-state index contributed by atoms with van der Waals surface area (Å²) in [5.74, 6) is 8.24. The van der Waals surface area contributed by atoms with E-state index in [1.54, 1.807) is 0 Å². The number of aliphatic hydroxyl groups excluding tert-OH is 2. The van der Waals surface area contributed by atoms with E-state index >= 15 is 0 Å². The van der Waals surface area contributed by atoms with E-state index in [9.17, 15) is 72.3 Å². The number of hydrogen-bond donors (Lipinski definition) is 9. The molecule has 1 saturated carbocycles. The highest BCUT2D eigenvalue weighted by Crippen LogP contribution is 2.53. The molecule has 0 aromatic carbocycles. The van der Waals surface area contributed by atoms with Gasteiger partial charge in [-0.05, 0) is 30.1 Å². The van der Waals surface area contributed by atoms with Gasteiger partial charge in [0, 0.05) is 12.3 Å². The number of phosphoric ester groups is 4. The minimum absolute atomic E-state index is 0.114. The molecular weight excluding hydrogens is 860 g/mol. The van der Waals surface area contributed by atoms with Gasteiger partial charge < -0.3 is 53.9 Å². The zero-order valence-electron chi connectivity index (χ0n) is 31.6. The molecule has 0 saturated heterocycles. The Bertz CT molecular complexity index is 1610. The van der Waals surface area contributed by atoms with Gasteiger partial charge in [0.1, 0.15) is 43.2 Å². The molecule has 58 heavy (non-hydrogen) atoms. The van der Waals surface area contributed by atoms with Crippen LogP contribution in [0.5, 0.6) is 0 Å². The van der Waals surface area contributed by atoms with E-state index in [2.05, 4.69) is 38.3 Å². The number of unbranched alkanes of at least 4 members (excludes halogenated alkanes) is 12. The summed E-state index contributed by atoms with van der Waals surface area (Å²) in [5.41, 5.74) is 0. The van der Waals surface area contributed by atoms with Gasteiger partial charge in [0.25, 0.3) is 0 Å². The van der Waals surface area contributed by atoms with Crippen molar-refractivity contribution in [2.45, 2.75) is 140 Å². The third-order valence-corrected chi connectivity index (χ3v) is 10.5. The molecule has 0 amide bonds. The first-order valence-electron chi connectivity index (χ1n) is 18.0. The van der Waals surface area contributed by atoms with Crippen LogP contribution in [-0.4, -0.2) is 112 Å². The Hall–Kier alpha value is -2.02. The molecule has 0 heterocycles. The number of ether oxygens (including phenoxy) is 2. The first kappa shape index (κ1) is 54.0. The van der Waals surface area contributed by atoms with Gasteiger partial charge >= 0.3 is 43.2 Å². The van der Waals surface area contributed by atoms with Crippen LogP contribution in [0.15, 0.2) is 0 Å². The molecule has 332 valence electrons. The summed E-state index contributed by atoms with van der Waals surface area (Å²) < 4.78 is 80.5. The molecule has 22 nitrogen and oxygen atoms in total. The number of esters is 2. The van der Waals surface area contributed by atoms with E-state index in [-0.39, 0.29) is 6.42 Å². The molecule has 1 aliphatic carbocycles. The highest BCUT2D eigenvalue weighted by molar-refractivity contribution is 7.47. The highest BCUT2D eigenvalue weighted by atomic mass is 31.2. The monoisotopic (exact) mass is 912 g/mol. The third kappa shape index (κ3) is 24.9. The van der Waals surface area contributed by atoms with Crippen molar-refractivity contribution in [3.8, 4) is 36.0 Å². The van der Waals surface area contributed by atoms with Crippen LogP contribution in [0.3, 0.4) is 0 Å². The largest absolute Gasteiger partial charge is 0.472 e. The van der Waals surface area contributed by atoms with Crippen molar-refractivity contribution in [3.05, 3.63) is 0 Å². The molecular formula is C32H52O22P4. The van der Waals surface area contributed by atoms with Crippen molar-refractivity contribution in [1.82, 2.24) is 0 Å². The van der Waals surface area contributed by atoms with Gasteiger partial charge in [0.2, 0.25) is 0 Å². The summed E-state index contributed by atoms with van der Waals surface area (Å²) in [7, 11) is -23.1. The fourth-order valence-corrected chi connectivity index (χ4v) is 8.13. The molecule has 0 bridgehead atoms. The molecule has 0 spiro atoms. The van der Waals surface area contributed by atoms with Crippen LogP contribution in [0.1, 0.15) is 96.8 Å². The minimum atomic E-state index is -5.80. The highest BCUT2D eigenvalue weighted by Gasteiger charge is 2.59. The summed E-state index contributed by atoms with van der Waals surface area (Å²) in [6.07, 6.45) is 0.220. The van der Waals surface area contributed by atoms with Crippen LogP contribution in [0.25, 0.3) is 0 Å². The van der Waals surface area contributed by atoms with Crippen LogP contribution in [0.2, 0.25) is 0 Å². The fourth-order valence-electron chi connectivity index (χ4n) is 5.48. The molecule has 0 aromatic rings. The number of phosphoric acid groups is 4. The van der Waals surface area contributed by atoms with Crippen LogP contribution in [0, 0.1) is 36.0 Å². The summed E-state index contributed by atoms with van der Waals surface area (Å²) in [6, 6.07) is 0. The summed E-state index contributed by atoms with van der Waals surface area (Å²) in [4.78, 5) is 91.2. The average molecular weight is 913 g/mol. The van der Waals surface area contributed by atoms with Gasteiger partial charge in [0.05, 0.1) is 6.61 Å². The molecule has 1 aliphatic rings. The van der Waals surface area contributed by atoms with Crippen LogP contribution >= 0.6 is 31.3 Å². The fraction of sp³-hybridized carbons (Fsp3) is 0.750. The lowest BCUT2D eigenvalue weighted by Crippen LogP contribution is -2.65. The molecule has 1 fully saturated rings. The Balaban J connectivity index is 3.03. The first-order valence-corrected chi connectivity index (χ1v) is 24.1. The van der Waals surface area contributed by atoms with Crippen molar-refractivity contribution in [2.24, 2.45) is 0 Å². The van der Waals surface area contributed by atoms with Gasteiger partial charge in [-0.1, -0.05) is 84.0 Å².